The molecule has 0 aromatic heterocycles. The van der Waals surface area contributed by atoms with E-state index in [-0.39, 0.29) is 4.90 Å². The molecule has 18 heavy (non-hydrogen) atoms. The van der Waals surface area contributed by atoms with Gasteiger partial charge in [0.25, 0.3) is 0 Å². The average Bonchev–Trinajstić information content (AvgIpc) is 2.30. The number of nitrogens with one attached hydrogen (secondary N) is 1. The monoisotopic (exact) mass is 266 g/mol. The van der Waals surface area contributed by atoms with Crippen LogP contribution in [0, 0.1) is 26.2 Å². The van der Waals surface area contributed by atoms with Crippen molar-refractivity contribution in [1.29, 1.82) is 0 Å². The molecular weight excluding hydrogens is 248 g/mol. The van der Waals surface area contributed by atoms with Crippen molar-refractivity contribution in [3.05, 3.63) is 23.3 Å². The molecule has 0 atom stereocenters. The Balaban J connectivity index is 2.99. The highest BCUT2D eigenvalue weighted by molar-refractivity contribution is 7.89. The van der Waals surface area contributed by atoms with Gasteiger partial charge in [0.2, 0.25) is 10.0 Å². The largest absolute Gasteiger partial charge is 0.397 e. The Morgan fingerprint density at radius 3 is 2.56 bits per heavy atom. The highest BCUT2D eigenvalue weighted by atomic mass is 32.2. The van der Waals surface area contributed by atoms with Gasteiger partial charge in [-0.1, -0.05) is 12.1 Å². The van der Waals surface area contributed by atoms with E-state index in [4.69, 9.17) is 12.2 Å². The number of aryl methyl sites for hydroxylation is 2. The predicted molar refractivity (Wildman–Crippen MR) is 73.6 cm³/mol. The quantitative estimate of drug-likeness (QED) is 0.483. The Labute approximate surface area is 109 Å². The number of sulfonamides is 1. The Bertz CT molecular complexity index is 571. The van der Waals surface area contributed by atoms with Gasteiger partial charge in [-0.3, -0.25) is 0 Å². The first-order valence-electron chi connectivity index (χ1n) is 5.69. The Hall–Kier alpha value is -1.51. The van der Waals surface area contributed by atoms with Crippen molar-refractivity contribution in [3.8, 4) is 12.3 Å². The first kappa shape index (κ1) is 14.6. The summed E-state index contributed by atoms with van der Waals surface area (Å²) in [4.78, 5) is 0.170. The lowest BCUT2D eigenvalue weighted by molar-refractivity contribution is 0.579. The van der Waals surface area contributed by atoms with E-state index >= 15 is 0 Å². The number of nitrogens with two attached hydrogens (primary N) is 1. The molecule has 0 fully saturated rings. The maximum atomic E-state index is 12.1. The van der Waals surface area contributed by atoms with Gasteiger partial charge in [-0.05, 0) is 31.4 Å². The zero-order chi connectivity index (χ0) is 13.8. The fourth-order valence-corrected chi connectivity index (χ4v) is 3.13. The molecule has 0 saturated heterocycles. The number of hydrogen-bond acceptors (Lipinski definition) is 3. The molecule has 0 saturated carbocycles. The van der Waals surface area contributed by atoms with E-state index in [2.05, 4.69) is 10.6 Å². The number of unbranched alkanes of at least 4 members (excludes halogenated alkanes) is 1. The third-order valence-corrected chi connectivity index (χ3v) is 4.33. The number of terminal acetylenes is 1. The normalized spacial score (nSPS) is 11.2. The summed E-state index contributed by atoms with van der Waals surface area (Å²) in [5.74, 6) is 2.47. The molecule has 1 rings (SSSR count). The first-order chi connectivity index (χ1) is 8.40. The summed E-state index contributed by atoms with van der Waals surface area (Å²) in [7, 11) is -3.57. The first-order valence-corrected chi connectivity index (χ1v) is 7.17. The minimum Gasteiger partial charge on any atom is -0.397 e. The van der Waals surface area contributed by atoms with E-state index < -0.39 is 10.0 Å². The molecule has 0 aliphatic heterocycles. The topological polar surface area (TPSA) is 72.2 Å². The summed E-state index contributed by atoms with van der Waals surface area (Å²) in [5, 5.41) is 0. The molecule has 3 N–H and O–H groups in total. The highest BCUT2D eigenvalue weighted by Gasteiger charge is 2.20. The number of benzene rings is 1. The Morgan fingerprint density at radius 2 is 1.94 bits per heavy atom. The van der Waals surface area contributed by atoms with Crippen LogP contribution in [0.15, 0.2) is 17.0 Å². The van der Waals surface area contributed by atoms with Gasteiger partial charge in [-0.15, -0.1) is 12.3 Å². The van der Waals surface area contributed by atoms with E-state index in [0.29, 0.717) is 30.6 Å². The fourth-order valence-electron chi connectivity index (χ4n) is 1.63. The van der Waals surface area contributed by atoms with Crippen LogP contribution >= 0.6 is 0 Å². The van der Waals surface area contributed by atoms with Gasteiger partial charge in [-0.2, -0.15) is 0 Å². The van der Waals surface area contributed by atoms with Gasteiger partial charge >= 0.3 is 0 Å². The molecule has 0 amide bonds. The van der Waals surface area contributed by atoms with Crippen molar-refractivity contribution < 1.29 is 8.42 Å². The van der Waals surface area contributed by atoms with Crippen LogP contribution in [-0.2, 0) is 10.0 Å². The summed E-state index contributed by atoms with van der Waals surface area (Å²) < 4.78 is 26.8. The second-order valence-electron chi connectivity index (χ2n) is 4.15. The minimum absolute atomic E-state index is 0.170. The second-order valence-corrected chi connectivity index (χ2v) is 5.85. The van der Waals surface area contributed by atoms with Gasteiger partial charge in [-0.25, -0.2) is 13.1 Å². The van der Waals surface area contributed by atoms with Crippen LogP contribution in [0.25, 0.3) is 0 Å². The summed E-state index contributed by atoms with van der Waals surface area (Å²) in [5.41, 5.74) is 7.55. The zero-order valence-electron chi connectivity index (χ0n) is 10.7. The molecule has 0 heterocycles. The lowest BCUT2D eigenvalue weighted by Gasteiger charge is -2.13. The van der Waals surface area contributed by atoms with Gasteiger partial charge in [0.05, 0.1) is 5.69 Å². The molecule has 1 aromatic carbocycles. The van der Waals surface area contributed by atoms with Crippen LogP contribution in [0.1, 0.15) is 24.0 Å². The van der Waals surface area contributed by atoms with Gasteiger partial charge in [0.1, 0.15) is 4.90 Å². The maximum Gasteiger partial charge on any atom is 0.242 e. The van der Waals surface area contributed by atoms with Crippen molar-refractivity contribution in [2.24, 2.45) is 0 Å². The van der Waals surface area contributed by atoms with Crippen LogP contribution in [0.5, 0.6) is 0 Å². The van der Waals surface area contributed by atoms with E-state index in [0.717, 1.165) is 5.56 Å². The van der Waals surface area contributed by atoms with E-state index in [1.165, 1.54) is 0 Å². The zero-order valence-corrected chi connectivity index (χ0v) is 11.5. The molecule has 0 bridgehead atoms. The van der Waals surface area contributed by atoms with E-state index in [1.54, 1.807) is 19.9 Å². The average molecular weight is 266 g/mol. The summed E-state index contributed by atoms with van der Waals surface area (Å²) in [6.07, 6.45) is 6.27. The number of anilines is 1. The third-order valence-electron chi connectivity index (χ3n) is 2.67. The van der Waals surface area contributed by atoms with Gasteiger partial charge in [0.15, 0.2) is 0 Å². The molecule has 0 spiro atoms. The summed E-state index contributed by atoms with van der Waals surface area (Å²) in [6, 6.07) is 3.56. The van der Waals surface area contributed by atoms with Gasteiger partial charge in [0, 0.05) is 13.0 Å². The minimum atomic E-state index is -3.57. The van der Waals surface area contributed by atoms with Crippen LogP contribution in [0.4, 0.5) is 5.69 Å². The molecule has 5 heteroatoms. The number of hydrogen-bond donors (Lipinski definition) is 2. The highest BCUT2D eigenvalue weighted by Crippen LogP contribution is 2.25. The second kappa shape index (κ2) is 5.89. The van der Waals surface area contributed by atoms with Crippen LogP contribution in [-0.4, -0.2) is 15.0 Å². The third kappa shape index (κ3) is 3.25. The van der Waals surface area contributed by atoms with Crippen molar-refractivity contribution in [2.45, 2.75) is 31.6 Å². The molecule has 0 unspecified atom stereocenters. The molecule has 4 nitrogen and oxygen atoms in total. The van der Waals surface area contributed by atoms with E-state index in [1.807, 2.05) is 6.07 Å². The molecule has 0 radical (unpaired) electrons. The Morgan fingerprint density at radius 1 is 1.33 bits per heavy atom. The van der Waals surface area contributed by atoms with Crippen molar-refractivity contribution in [3.63, 3.8) is 0 Å². The summed E-state index contributed by atoms with van der Waals surface area (Å²) >= 11 is 0. The maximum absolute atomic E-state index is 12.1. The molecular formula is C13H18N2O2S. The van der Waals surface area contributed by atoms with Crippen molar-refractivity contribution in [1.82, 2.24) is 4.72 Å². The lowest BCUT2D eigenvalue weighted by Crippen LogP contribution is -2.26. The Kier molecular flexibility index (Phi) is 4.76. The van der Waals surface area contributed by atoms with Crippen molar-refractivity contribution in [2.75, 3.05) is 12.3 Å². The van der Waals surface area contributed by atoms with Crippen LogP contribution < -0.4 is 10.5 Å². The molecule has 1 aromatic rings. The predicted octanol–water partition coefficient (Wildman–Crippen LogP) is 1.58. The SMILES string of the molecule is C#CCCCNS(=O)(=O)c1c(C)ccc(C)c1N. The van der Waals surface area contributed by atoms with E-state index in [9.17, 15) is 8.42 Å². The van der Waals surface area contributed by atoms with Crippen molar-refractivity contribution >= 4 is 15.7 Å². The molecule has 98 valence electrons. The van der Waals surface area contributed by atoms with Gasteiger partial charge < -0.3 is 5.73 Å². The molecule has 0 aliphatic rings. The van der Waals surface area contributed by atoms with Crippen LogP contribution in [0.3, 0.4) is 0 Å². The number of nitrogen functional groups attached to an aromatic ring is 1. The smallest absolute Gasteiger partial charge is 0.242 e. The number of rotatable bonds is 5. The standard InChI is InChI=1S/C13H18N2O2S/c1-4-5-6-9-15-18(16,17)13-11(3)8-7-10(2)12(13)14/h1,7-8,15H,5-6,9,14H2,2-3H3. The lowest BCUT2D eigenvalue weighted by atomic mass is 10.1. The fraction of sp³-hybridized carbons (Fsp3) is 0.385. The summed E-state index contributed by atoms with van der Waals surface area (Å²) in [6.45, 7) is 3.83. The molecule has 0 aliphatic carbocycles. The van der Waals surface area contributed by atoms with Crippen LogP contribution in [0.2, 0.25) is 0 Å².